The fourth-order valence-corrected chi connectivity index (χ4v) is 0.395. The molecular weight excluding hydrogens is 148 g/mol. The molecule has 0 saturated heterocycles. The van der Waals surface area contributed by atoms with Gasteiger partial charge >= 0.3 is 5.97 Å². The number of carbonyl (C=O) groups is 2. The van der Waals surface area contributed by atoms with E-state index in [-0.39, 0.29) is 11.9 Å². The standard InChI is InChI=1S/C7H10O4/c1-2-3-11-5-6(4-8)7(9)10/h4-5H,2-3H2,1H3,(H,9,10). The molecular formula is C7H10O4. The molecule has 62 valence electrons. The average molecular weight is 158 g/mol. The molecule has 4 nitrogen and oxygen atoms in total. The Morgan fingerprint density at radius 1 is 1.64 bits per heavy atom. The van der Waals surface area contributed by atoms with Gasteiger partial charge in [-0.2, -0.15) is 0 Å². The van der Waals surface area contributed by atoms with Crippen molar-refractivity contribution in [1.82, 2.24) is 0 Å². The lowest BCUT2D eigenvalue weighted by Crippen LogP contribution is -2.02. The van der Waals surface area contributed by atoms with E-state index in [9.17, 15) is 9.59 Å². The topological polar surface area (TPSA) is 63.6 Å². The van der Waals surface area contributed by atoms with E-state index < -0.39 is 5.97 Å². The number of aliphatic carboxylic acids is 1. The van der Waals surface area contributed by atoms with E-state index in [2.05, 4.69) is 0 Å². The summed E-state index contributed by atoms with van der Waals surface area (Å²) in [6, 6.07) is 0. The molecule has 0 bridgehead atoms. The van der Waals surface area contributed by atoms with Crippen LogP contribution in [0.5, 0.6) is 0 Å². The van der Waals surface area contributed by atoms with Crippen LogP contribution in [-0.2, 0) is 14.3 Å². The molecule has 0 aliphatic rings. The van der Waals surface area contributed by atoms with Gasteiger partial charge < -0.3 is 9.84 Å². The summed E-state index contributed by atoms with van der Waals surface area (Å²) in [5.41, 5.74) is -0.363. The van der Waals surface area contributed by atoms with Crippen molar-refractivity contribution in [3.8, 4) is 0 Å². The minimum Gasteiger partial charge on any atom is -0.500 e. The molecule has 0 unspecified atom stereocenters. The minimum atomic E-state index is -1.27. The lowest BCUT2D eigenvalue weighted by atomic mass is 10.3. The summed E-state index contributed by atoms with van der Waals surface area (Å²) in [6.45, 7) is 2.31. The number of carbonyl (C=O) groups excluding carboxylic acids is 1. The number of hydrogen-bond acceptors (Lipinski definition) is 3. The molecule has 11 heavy (non-hydrogen) atoms. The zero-order chi connectivity index (χ0) is 8.69. The largest absolute Gasteiger partial charge is 0.500 e. The van der Waals surface area contributed by atoms with E-state index in [0.29, 0.717) is 6.61 Å². The van der Waals surface area contributed by atoms with Crippen LogP contribution in [0, 0.1) is 0 Å². The molecule has 0 aromatic heterocycles. The Balaban J connectivity index is 3.91. The number of rotatable bonds is 5. The van der Waals surface area contributed by atoms with Gasteiger partial charge in [-0.3, -0.25) is 4.79 Å². The van der Waals surface area contributed by atoms with Crippen molar-refractivity contribution in [3.05, 3.63) is 11.8 Å². The lowest BCUT2D eigenvalue weighted by Gasteiger charge is -1.95. The summed E-state index contributed by atoms with van der Waals surface area (Å²) in [6.07, 6.45) is 1.99. The van der Waals surface area contributed by atoms with Crippen LogP contribution in [0.25, 0.3) is 0 Å². The normalized spacial score (nSPS) is 10.8. The maximum absolute atomic E-state index is 10.1. The number of carboxylic acid groups (broad SMARTS) is 1. The molecule has 1 N–H and O–H groups in total. The second-order valence-electron chi connectivity index (χ2n) is 1.87. The summed E-state index contributed by atoms with van der Waals surface area (Å²) in [5, 5.41) is 8.29. The molecule has 0 aromatic rings. The van der Waals surface area contributed by atoms with Gasteiger partial charge in [0.15, 0.2) is 6.29 Å². The summed E-state index contributed by atoms with van der Waals surface area (Å²) in [4.78, 5) is 20.2. The first-order valence-corrected chi connectivity index (χ1v) is 3.22. The Labute approximate surface area is 64.5 Å². The molecule has 0 spiro atoms. The third kappa shape index (κ3) is 4.13. The molecule has 4 heteroatoms. The maximum Gasteiger partial charge on any atom is 0.342 e. The van der Waals surface area contributed by atoms with Crippen molar-refractivity contribution in [1.29, 1.82) is 0 Å². The highest BCUT2D eigenvalue weighted by Gasteiger charge is 2.04. The number of ether oxygens (including phenoxy) is 1. The second kappa shape index (κ2) is 5.46. The van der Waals surface area contributed by atoms with Crippen molar-refractivity contribution in [2.24, 2.45) is 0 Å². The first-order chi connectivity index (χ1) is 5.22. The predicted octanol–water partition coefficient (Wildman–Crippen LogP) is 0.580. The van der Waals surface area contributed by atoms with Crippen LogP contribution in [0.1, 0.15) is 13.3 Å². The first-order valence-electron chi connectivity index (χ1n) is 3.22. The highest BCUT2D eigenvalue weighted by atomic mass is 16.5. The van der Waals surface area contributed by atoms with Crippen LogP contribution >= 0.6 is 0 Å². The molecule has 0 aliphatic heterocycles. The van der Waals surface area contributed by atoms with E-state index in [1.54, 1.807) is 0 Å². The summed E-state index contributed by atoms with van der Waals surface area (Å²) in [7, 11) is 0. The van der Waals surface area contributed by atoms with E-state index in [0.717, 1.165) is 12.7 Å². The highest BCUT2D eigenvalue weighted by molar-refractivity contribution is 6.06. The Bertz CT molecular complexity index is 171. The molecule has 0 heterocycles. The van der Waals surface area contributed by atoms with Gasteiger partial charge in [-0.05, 0) is 6.42 Å². The summed E-state index contributed by atoms with van der Waals surface area (Å²) >= 11 is 0. The van der Waals surface area contributed by atoms with Crippen molar-refractivity contribution >= 4 is 12.3 Å². The van der Waals surface area contributed by atoms with Gasteiger partial charge in [0, 0.05) is 0 Å². The van der Waals surface area contributed by atoms with E-state index in [1.807, 2.05) is 6.92 Å². The predicted molar refractivity (Wildman–Crippen MR) is 38.0 cm³/mol. The molecule has 0 atom stereocenters. The number of carboxylic acids is 1. The fraction of sp³-hybridized carbons (Fsp3) is 0.429. The molecule has 0 saturated carbocycles. The first kappa shape index (κ1) is 9.68. The SMILES string of the molecule is CCCOC=C(C=O)C(=O)O. The van der Waals surface area contributed by atoms with Crippen molar-refractivity contribution in [2.45, 2.75) is 13.3 Å². The maximum atomic E-state index is 10.1. The van der Waals surface area contributed by atoms with E-state index >= 15 is 0 Å². The molecule has 0 fully saturated rings. The monoisotopic (exact) mass is 158 g/mol. The van der Waals surface area contributed by atoms with Gasteiger partial charge in [-0.1, -0.05) is 6.92 Å². The van der Waals surface area contributed by atoms with Gasteiger partial charge in [-0.15, -0.1) is 0 Å². The zero-order valence-corrected chi connectivity index (χ0v) is 6.24. The van der Waals surface area contributed by atoms with Crippen molar-refractivity contribution < 1.29 is 19.4 Å². The van der Waals surface area contributed by atoms with Crippen molar-refractivity contribution in [3.63, 3.8) is 0 Å². The molecule has 0 radical (unpaired) electrons. The minimum absolute atomic E-state index is 0.248. The Kier molecular flexibility index (Phi) is 4.81. The second-order valence-corrected chi connectivity index (χ2v) is 1.87. The third-order valence-corrected chi connectivity index (χ3v) is 0.906. The van der Waals surface area contributed by atoms with Gasteiger partial charge in [0.2, 0.25) is 0 Å². The van der Waals surface area contributed by atoms with Gasteiger partial charge in [0.05, 0.1) is 6.61 Å². The molecule has 0 amide bonds. The summed E-state index contributed by atoms with van der Waals surface area (Å²) < 4.78 is 4.72. The molecule has 0 aromatic carbocycles. The van der Waals surface area contributed by atoms with Gasteiger partial charge in [0.1, 0.15) is 11.8 Å². The van der Waals surface area contributed by atoms with Crippen LogP contribution in [-0.4, -0.2) is 24.0 Å². The summed E-state index contributed by atoms with van der Waals surface area (Å²) in [5.74, 6) is -1.27. The van der Waals surface area contributed by atoms with Crippen LogP contribution in [0.15, 0.2) is 11.8 Å². The van der Waals surface area contributed by atoms with E-state index in [1.165, 1.54) is 0 Å². The Morgan fingerprint density at radius 2 is 2.27 bits per heavy atom. The number of aldehydes is 1. The van der Waals surface area contributed by atoms with E-state index in [4.69, 9.17) is 9.84 Å². The zero-order valence-electron chi connectivity index (χ0n) is 6.24. The smallest absolute Gasteiger partial charge is 0.342 e. The van der Waals surface area contributed by atoms with Crippen LogP contribution in [0.3, 0.4) is 0 Å². The molecule has 0 rings (SSSR count). The highest BCUT2D eigenvalue weighted by Crippen LogP contribution is 1.91. The Hall–Kier alpha value is -1.32. The van der Waals surface area contributed by atoms with Crippen molar-refractivity contribution in [2.75, 3.05) is 6.61 Å². The fourth-order valence-electron chi connectivity index (χ4n) is 0.395. The van der Waals surface area contributed by atoms with Crippen LogP contribution in [0.2, 0.25) is 0 Å². The van der Waals surface area contributed by atoms with Gasteiger partial charge in [-0.25, -0.2) is 4.79 Å². The average Bonchev–Trinajstić information content (AvgIpc) is 1.97. The van der Waals surface area contributed by atoms with Gasteiger partial charge in [0.25, 0.3) is 0 Å². The Morgan fingerprint density at radius 3 is 2.64 bits per heavy atom. The molecule has 0 aliphatic carbocycles. The number of hydrogen-bond donors (Lipinski definition) is 1. The quantitative estimate of drug-likeness (QED) is 0.159. The third-order valence-electron chi connectivity index (χ3n) is 0.906. The van der Waals surface area contributed by atoms with Crippen LogP contribution < -0.4 is 0 Å². The van der Waals surface area contributed by atoms with Crippen LogP contribution in [0.4, 0.5) is 0 Å². The lowest BCUT2D eigenvalue weighted by molar-refractivity contribution is -0.133.